The van der Waals surface area contributed by atoms with Crippen molar-refractivity contribution in [3.63, 3.8) is 0 Å². The maximum Gasteiger partial charge on any atom is 0.272 e. The van der Waals surface area contributed by atoms with Gasteiger partial charge in [-0.1, -0.05) is 54.1 Å². The quantitative estimate of drug-likeness (QED) is 0.160. The smallest absolute Gasteiger partial charge is 0.272 e. The van der Waals surface area contributed by atoms with Crippen molar-refractivity contribution < 1.29 is 18.8 Å². The zero-order valence-corrected chi connectivity index (χ0v) is 22.8. The van der Waals surface area contributed by atoms with Gasteiger partial charge in [-0.2, -0.15) is 0 Å². The number of thioether (sulfide) groups is 1. The lowest BCUT2D eigenvalue weighted by atomic mass is 10.1. The Morgan fingerprint density at radius 1 is 0.800 bits per heavy atom. The summed E-state index contributed by atoms with van der Waals surface area (Å²) < 4.78 is 13.4. The van der Waals surface area contributed by atoms with Crippen LogP contribution in [0, 0.1) is 12.7 Å². The molecule has 0 spiro atoms. The summed E-state index contributed by atoms with van der Waals surface area (Å²) in [6.45, 7) is 3.79. The SMILES string of the molecule is Cc1ccc(NC(=O)C(C)Sc2cccc(NC(=O)/C(=C/c3ccc(F)cc3)NC(=O)c3ccccc3)c2)cc1. The summed E-state index contributed by atoms with van der Waals surface area (Å²) in [6, 6.07) is 28.8. The van der Waals surface area contributed by atoms with Gasteiger partial charge in [0.1, 0.15) is 11.5 Å². The zero-order chi connectivity index (χ0) is 28.5. The largest absolute Gasteiger partial charge is 0.325 e. The second-order valence-electron chi connectivity index (χ2n) is 9.03. The minimum Gasteiger partial charge on any atom is -0.325 e. The van der Waals surface area contributed by atoms with E-state index < -0.39 is 22.9 Å². The highest BCUT2D eigenvalue weighted by Gasteiger charge is 2.17. The van der Waals surface area contributed by atoms with E-state index in [1.807, 2.05) is 44.2 Å². The zero-order valence-electron chi connectivity index (χ0n) is 22.0. The van der Waals surface area contributed by atoms with Gasteiger partial charge in [0, 0.05) is 21.8 Å². The number of aryl methyl sites for hydroxylation is 1. The molecule has 8 heteroatoms. The van der Waals surface area contributed by atoms with Gasteiger partial charge in [-0.15, -0.1) is 11.8 Å². The lowest BCUT2D eigenvalue weighted by Crippen LogP contribution is -2.30. The Balaban J connectivity index is 1.47. The lowest BCUT2D eigenvalue weighted by Gasteiger charge is -2.14. The van der Waals surface area contributed by atoms with E-state index in [9.17, 15) is 18.8 Å². The van der Waals surface area contributed by atoms with Crippen LogP contribution in [0.3, 0.4) is 0 Å². The number of nitrogens with one attached hydrogen (secondary N) is 3. The number of amides is 3. The Labute approximate surface area is 236 Å². The monoisotopic (exact) mass is 553 g/mol. The summed E-state index contributed by atoms with van der Waals surface area (Å²) in [5.41, 5.74) is 3.23. The summed E-state index contributed by atoms with van der Waals surface area (Å²) in [7, 11) is 0. The topological polar surface area (TPSA) is 87.3 Å². The van der Waals surface area contributed by atoms with Crippen molar-refractivity contribution in [1.29, 1.82) is 0 Å². The third-order valence-electron chi connectivity index (χ3n) is 5.80. The van der Waals surface area contributed by atoms with Crippen LogP contribution in [0.5, 0.6) is 0 Å². The highest BCUT2D eigenvalue weighted by atomic mass is 32.2. The first-order valence-corrected chi connectivity index (χ1v) is 13.4. The van der Waals surface area contributed by atoms with Crippen LogP contribution in [0.4, 0.5) is 15.8 Å². The molecule has 3 amide bonds. The first kappa shape index (κ1) is 28.3. The molecular weight excluding hydrogens is 525 g/mol. The van der Waals surface area contributed by atoms with Gasteiger partial charge in [-0.05, 0) is 80.1 Å². The summed E-state index contributed by atoms with van der Waals surface area (Å²) in [6.07, 6.45) is 1.48. The fourth-order valence-corrected chi connectivity index (χ4v) is 4.58. The molecule has 0 aliphatic carbocycles. The molecule has 6 nitrogen and oxygen atoms in total. The van der Waals surface area contributed by atoms with E-state index >= 15 is 0 Å². The molecule has 0 bridgehead atoms. The number of halogens is 1. The molecule has 202 valence electrons. The minimum absolute atomic E-state index is 0.00985. The Morgan fingerprint density at radius 3 is 2.20 bits per heavy atom. The van der Waals surface area contributed by atoms with E-state index in [1.54, 1.807) is 48.5 Å². The fraction of sp³-hybridized carbons (Fsp3) is 0.0938. The molecule has 1 unspecified atom stereocenters. The Morgan fingerprint density at radius 2 is 1.50 bits per heavy atom. The van der Waals surface area contributed by atoms with Crippen LogP contribution in [-0.2, 0) is 9.59 Å². The third-order valence-corrected chi connectivity index (χ3v) is 6.90. The van der Waals surface area contributed by atoms with Crippen LogP contribution in [0.1, 0.15) is 28.4 Å². The number of hydrogen-bond donors (Lipinski definition) is 3. The van der Waals surface area contributed by atoms with E-state index in [1.165, 1.54) is 42.1 Å². The lowest BCUT2D eigenvalue weighted by molar-refractivity contribution is -0.115. The van der Waals surface area contributed by atoms with Gasteiger partial charge >= 0.3 is 0 Å². The van der Waals surface area contributed by atoms with Crippen molar-refractivity contribution in [2.24, 2.45) is 0 Å². The molecule has 40 heavy (non-hydrogen) atoms. The molecular formula is C32H28FN3O3S. The average Bonchev–Trinajstić information content (AvgIpc) is 2.95. The maximum absolute atomic E-state index is 13.4. The normalized spacial score (nSPS) is 11.8. The van der Waals surface area contributed by atoms with Gasteiger partial charge in [-0.3, -0.25) is 14.4 Å². The molecule has 0 aromatic heterocycles. The van der Waals surface area contributed by atoms with E-state index in [-0.39, 0.29) is 11.6 Å². The number of rotatable bonds is 9. The number of carbonyl (C=O) groups is 3. The molecule has 4 aromatic rings. The van der Waals surface area contributed by atoms with E-state index in [0.29, 0.717) is 16.8 Å². The maximum atomic E-state index is 13.4. The molecule has 0 heterocycles. The fourth-order valence-electron chi connectivity index (χ4n) is 3.65. The van der Waals surface area contributed by atoms with Crippen LogP contribution >= 0.6 is 11.8 Å². The number of hydrogen-bond acceptors (Lipinski definition) is 4. The summed E-state index contributed by atoms with van der Waals surface area (Å²) in [5.74, 6) is -1.56. The van der Waals surface area contributed by atoms with Crippen molar-refractivity contribution in [3.8, 4) is 0 Å². The third kappa shape index (κ3) is 8.15. The number of carbonyl (C=O) groups excluding carboxylic acids is 3. The Kier molecular flexibility index (Phi) is 9.48. The second kappa shape index (κ2) is 13.4. The van der Waals surface area contributed by atoms with Crippen molar-refractivity contribution in [2.45, 2.75) is 24.0 Å². The Hall–Kier alpha value is -4.69. The molecule has 0 radical (unpaired) electrons. The average molecular weight is 554 g/mol. The van der Waals surface area contributed by atoms with Crippen LogP contribution in [0.25, 0.3) is 6.08 Å². The highest BCUT2D eigenvalue weighted by molar-refractivity contribution is 8.00. The van der Waals surface area contributed by atoms with Crippen LogP contribution in [0.15, 0.2) is 114 Å². The summed E-state index contributed by atoms with van der Waals surface area (Å²) >= 11 is 1.35. The van der Waals surface area contributed by atoms with Crippen molar-refractivity contribution in [2.75, 3.05) is 10.6 Å². The van der Waals surface area contributed by atoms with Gasteiger partial charge in [0.2, 0.25) is 5.91 Å². The van der Waals surface area contributed by atoms with Crippen LogP contribution < -0.4 is 16.0 Å². The molecule has 3 N–H and O–H groups in total. The van der Waals surface area contributed by atoms with Gasteiger partial charge in [-0.25, -0.2) is 4.39 Å². The molecule has 4 rings (SSSR count). The molecule has 1 atom stereocenters. The molecule has 0 fully saturated rings. The van der Waals surface area contributed by atoms with E-state index in [0.717, 1.165) is 16.1 Å². The van der Waals surface area contributed by atoms with Crippen molar-refractivity contribution in [1.82, 2.24) is 5.32 Å². The van der Waals surface area contributed by atoms with E-state index in [4.69, 9.17) is 0 Å². The van der Waals surface area contributed by atoms with Gasteiger partial charge in [0.05, 0.1) is 5.25 Å². The predicted octanol–water partition coefficient (Wildman–Crippen LogP) is 6.66. The Bertz CT molecular complexity index is 1520. The molecule has 0 aliphatic rings. The predicted molar refractivity (Wildman–Crippen MR) is 158 cm³/mol. The highest BCUT2D eigenvalue weighted by Crippen LogP contribution is 2.27. The first-order valence-electron chi connectivity index (χ1n) is 12.6. The second-order valence-corrected chi connectivity index (χ2v) is 10.4. The number of benzene rings is 4. The molecule has 0 saturated heterocycles. The molecule has 4 aromatic carbocycles. The number of anilines is 2. The molecule has 0 saturated carbocycles. The van der Waals surface area contributed by atoms with Gasteiger partial charge < -0.3 is 16.0 Å². The summed E-state index contributed by atoms with van der Waals surface area (Å²) in [5, 5.41) is 7.98. The van der Waals surface area contributed by atoms with E-state index in [2.05, 4.69) is 16.0 Å². The standard InChI is InChI=1S/C32H28FN3O3S/c1-21-11-17-26(18-12-21)34-30(37)22(2)40-28-10-6-9-27(20-28)35-32(39)29(19-23-13-15-25(33)16-14-23)36-31(38)24-7-4-3-5-8-24/h3-20,22H,1-2H3,(H,34,37)(H,35,39)(H,36,38)/b29-19-. The van der Waals surface area contributed by atoms with Gasteiger partial charge in [0.15, 0.2) is 0 Å². The molecule has 0 aliphatic heterocycles. The minimum atomic E-state index is -0.555. The first-order chi connectivity index (χ1) is 19.3. The van der Waals surface area contributed by atoms with Crippen molar-refractivity contribution >= 4 is 46.9 Å². The summed E-state index contributed by atoms with van der Waals surface area (Å²) in [4.78, 5) is 39.6. The van der Waals surface area contributed by atoms with Crippen molar-refractivity contribution in [3.05, 3.63) is 131 Å². The van der Waals surface area contributed by atoms with Gasteiger partial charge in [0.25, 0.3) is 11.8 Å². The van der Waals surface area contributed by atoms with Crippen LogP contribution in [-0.4, -0.2) is 23.0 Å². The van der Waals surface area contributed by atoms with Crippen LogP contribution in [0.2, 0.25) is 0 Å².